The normalized spacial score (nSPS) is 22.7. The van der Waals surface area contributed by atoms with E-state index in [2.05, 4.69) is 32.6 Å². The number of sulfonamides is 1. The number of carbonyl (C=O) groups is 1. The van der Waals surface area contributed by atoms with Crippen molar-refractivity contribution in [1.29, 1.82) is 0 Å². The molecular weight excluding hydrogens is 474 g/mol. The molecule has 1 aromatic heterocycles. The molecule has 2 aromatic rings. The van der Waals surface area contributed by atoms with Crippen LogP contribution in [0, 0.1) is 11.3 Å². The van der Waals surface area contributed by atoms with Crippen molar-refractivity contribution >= 4 is 21.7 Å². The summed E-state index contributed by atoms with van der Waals surface area (Å²) in [7, 11) is -3.71. The third-order valence-electron chi connectivity index (χ3n) is 7.90. The molecule has 2 atom stereocenters. The summed E-state index contributed by atoms with van der Waals surface area (Å²) in [5, 5.41) is 8.97. The molecule has 1 aliphatic carbocycles. The van der Waals surface area contributed by atoms with E-state index < -0.39 is 10.0 Å². The van der Waals surface area contributed by atoms with Gasteiger partial charge >= 0.3 is 6.03 Å². The molecule has 2 heterocycles. The predicted octanol–water partition coefficient (Wildman–Crippen LogP) is 4.41. The van der Waals surface area contributed by atoms with Gasteiger partial charge in [0.2, 0.25) is 10.0 Å². The molecule has 2 amide bonds. The quantitative estimate of drug-likeness (QED) is 0.457. The summed E-state index contributed by atoms with van der Waals surface area (Å²) in [5.41, 5.74) is 1.40. The Kier molecular flexibility index (Phi) is 8.98. The van der Waals surface area contributed by atoms with Crippen molar-refractivity contribution in [2.75, 3.05) is 18.4 Å². The molecule has 196 valence electrons. The molecular formula is C27H39N5O3S. The summed E-state index contributed by atoms with van der Waals surface area (Å²) in [4.78, 5) is 16.5. The summed E-state index contributed by atoms with van der Waals surface area (Å²) in [6, 6.07) is 9.53. The van der Waals surface area contributed by atoms with Gasteiger partial charge < -0.3 is 16.0 Å². The minimum atomic E-state index is -3.71. The van der Waals surface area contributed by atoms with Crippen molar-refractivity contribution < 1.29 is 13.2 Å². The Morgan fingerprint density at radius 2 is 1.72 bits per heavy atom. The highest BCUT2D eigenvalue weighted by Gasteiger charge is 2.46. The number of nitrogens with zero attached hydrogens (tertiary/aromatic N) is 1. The van der Waals surface area contributed by atoms with E-state index in [4.69, 9.17) is 0 Å². The van der Waals surface area contributed by atoms with Gasteiger partial charge in [0.05, 0.1) is 4.90 Å². The monoisotopic (exact) mass is 513 g/mol. The summed E-state index contributed by atoms with van der Waals surface area (Å²) in [5.74, 6) is 0.411. The zero-order valence-corrected chi connectivity index (χ0v) is 21.9. The van der Waals surface area contributed by atoms with Crippen molar-refractivity contribution in [1.82, 2.24) is 20.3 Å². The van der Waals surface area contributed by atoms with Crippen LogP contribution in [0.1, 0.15) is 63.9 Å². The third kappa shape index (κ3) is 6.63. The van der Waals surface area contributed by atoms with E-state index in [-0.39, 0.29) is 22.4 Å². The van der Waals surface area contributed by atoms with Gasteiger partial charge in [-0.25, -0.2) is 17.9 Å². The van der Waals surface area contributed by atoms with E-state index in [0.29, 0.717) is 24.7 Å². The molecule has 8 nitrogen and oxygen atoms in total. The average molecular weight is 514 g/mol. The van der Waals surface area contributed by atoms with Crippen LogP contribution in [0.3, 0.4) is 0 Å². The van der Waals surface area contributed by atoms with E-state index in [1.807, 2.05) is 12.1 Å². The van der Waals surface area contributed by atoms with Gasteiger partial charge in [-0.2, -0.15) is 0 Å². The highest BCUT2D eigenvalue weighted by molar-refractivity contribution is 7.89. The molecule has 0 bridgehead atoms. The van der Waals surface area contributed by atoms with Crippen molar-refractivity contribution in [2.24, 2.45) is 11.3 Å². The van der Waals surface area contributed by atoms with Gasteiger partial charge in [0.1, 0.15) is 0 Å². The van der Waals surface area contributed by atoms with Crippen molar-refractivity contribution in [3.8, 4) is 0 Å². The SMILES string of the molecule is CC1CNCC(NS(=O)(=O)c2ccc(NC(=O)NCc3cccnc3)cc2)C12CCCCCCCC2. The molecule has 2 fully saturated rings. The van der Waals surface area contributed by atoms with Gasteiger partial charge in [0.25, 0.3) is 0 Å². The Balaban J connectivity index is 1.41. The maximum Gasteiger partial charge on any atom is 0.319 e. The fraction of sp³-hybridized carbons (Fsp3) is 0.556. The number of hydrogen-bond donors (Lipinski definition) is 4. The predicted molar refractivity (Wildman–Crippen MR) is 142 cm³/mol. The highest BCUT2D eigenvalue weighted by atomic mass is 32.2. The number of piperidine rings is 1. The van der Waals surface area contributed by atoms with Gasteiger partial charge in [-0.05, 0) is 66.6 Å². The van der Waals surface area contributed by atoms with E-state index in [1.165, 1.54) is 25.7 Å². The van der Waals surface area contributed by atoms with Crippen LogP contribution in [0.2, 0.25) is 0 Å². The lowest BCUT2D eigenvalue weighted by Crippen LogP contribution is -2.61. The topological polar surface area (TPSA) is 112 Å². The van der Waals surface area contributed by atoms with Crippen LogP contribution >= 0.6 is 0 Å². The van der Waals surface area contributed by atoms with Crippen LogP contribution in [-0.2, 0) is 16.6 Å². The molecule has 1 aliphatic heterocycles. The number of pyridine rings is 1. The first-order valence-electron chi connectivity index (χ1n) is 13.2. The summed E-state index contributed by atoms with van der Waals surface area (Å²) in [6.07, 6.45) is 12.8. The molecule has 2 aliphatic rings. The van der Waals surface area contributed by atoms with Gasteiger partial charge in [-0.15, -0.1) is 0 Å². The number of carbonyl (C=O) groups excluding carboxylic acids is 1. The minimum absolute atomic E-state index is 0.0173. The van der Waals surface area contributed by atoms with E-state index in [9.17, 15) is 13.2 Å². The second kappa shape index (κ2) is 12.2. The van der Waals surface area contributed by atoms with Crippen LogP contribution in [-0.4, -0.2) is 38.6 Å². The summed E-state index contributed by atoms with van der Waals surface area (Å²) < 4.78 is 29.9. The van der Waals surface area contributed by atoms with Crippen molar-refractivity contribution in [3.63, 3.8) is 0 Å². The average Bonchev–Trinajstić information content (AvgIpc) is 3.00. The molecule has 1 aromatic carbocycles. The van der Waals surface area contributed by atoms with Gasteiger partial charge in [0, 0.05) is 37.2 Å². The van der Waals surface area contributed by atoms with E-state index in [0.717, 1.165) is 37.8 Å². The molecule has 1 saturated carbocycles. The minimum Gasteiger partial charge on any atom is -0.334 e. The number of nitrogens with one attached hydrogen (secondary N) is 4. The number of aromatic nitrogens is 1. The molecule has 2 unspecified atom stereocenters. The molecule has 1 spiro atoms. The van der Waals surface area contributed by atoms with E-state index >= 15 is 0 Å². The lowest BCUT2D eigenvalue weighted by Gasteiger charge is -2.49. The summed E-state index contributed by atoms with van der Waals surface area (Å²) in [6.45, 7) is 4.21. The molecule has 1 saturated heterocycles. The smallest absolute Gasteiger partial charge is 0.319 e. The largest absolute Gasteiger partial charge is 0.334 e. The van der Waals surface area contributed by atoms with Gasteiger partial charge in [0.15, 0.2) is 0 Å². The summed E-state index contributed by atoms with van der Waals surface area (Å²) >= 11 is 0. The van der Waals surface area contributed by atoms with Gasteiger partial charge in [-0.1, -0.05) is 51.5 Å². The zero-order valence-electron chi connectivity index (χ0n) is 21.1. The maximum absolute atomic E-state index is 13.4. The Labute approximate surface area is 215 Å². The number of anilines is 1. The lowest BCUT2D eigenvalue weighted by atomic mass is 9.63. The Morgan fingerprint density at radius 1 is 1.03 bits per heavy atom. The molecule has 0 radical (unpaired) electrons. The van der Waals surface area contributed by atoms with Crippen LogP contribution in [0.5, 0.6) is 0 Å². The molecule has 9 heteroatoms. The first-order valence-corrected chi connectivity index (χ1v) is 14.6. The van der Waals surface area contributed by atoms with Crippen molar-refractivity contribution in [2.45, 2.75) is 75.8 Å². The van der Waals surface area contributed by atoms with Crippen LogP contribution in [0.4, 0.5) is 10.5 Å². The zero-order chi connectivity index (χ0) is 25.4. The Hall–Kier alpha value is -2.49. The first kappa shape index (κ1) is 26.6. The fourth-order valence-electron chi connectivity index (χ4n) is 5.77. The number of urea groups is 1. The van der Waals surface area contributed by atoms with Crippen LogP contribution in [0.15, 0.2) is 53.7 Å². The Bertz CT molecular complexity index is 1080. The number of amides is 2. The second-order valence-electron chi connectivity index (χ2n) is 10.3. The van der Waals surface area contributed by atoms with Gasteiger partial charge in [-0.3, -0.25) is 4.98 Å². The first-order chi connectivity index (χ1) is 17.4. The van der Waals surface area contributed by atoms with Crippen LogP contribution < -0.4 is 20.7 Å². The van der Waals surface area contributed by atoms with Crippen molar-refractivity contribution in [3.05, 3.63) is 54.4 Å². The molecule has 4 rings (SSSR count). The molecule has 4 N–H and O–H groups in total. The number of benzene rings is 1. The van der Waals surface area contributed by atoms with Crippen LogP contribution in [0.25, 0.3) is 0 Å². The standard InChI is InChI=1S/C27H39N5O3S/c1-21-17-29-20-25(27(21)14-6-4-2-3-5-7-15-27)32-36(34,35)24-12-10-23(11-13-24)31-26(33)30-19-22-9-8-16-28-18-22/h8-13,16,18,21,25,29,32H,2-7,14-15,17,19-20H2,1H3,(H2,30,31,33). The third-order valence-corrected chi connectivity index (χ3v) is 9.39. The maximum atomic E-state index is 13.4. The second-order valence-corrected chi connectivity index (χ2v) is 12.0. The highest BCUT2D eigenvalue weighted by Crippen LogP contribution is 2.45. The lowest BCUT2D eigenvalue weighted by molar-refractivity contribution is 0.0583. The number of hydrogen-bond acceptors (Lipinski definition) is 5. The Morgan fingerprint density at radius 3 is 2.39 bits per heavy atom. The number of rotatable bonds is 6. The molecule has 36 heavy (non-hydrogen) atoms. The van der Waals surface area contributed by atoms with E-state index in [1.54, 1.807) is 36.7 Å². The fourth-order valence-corrected chi connectivity index (χ4v) is 7.09.